The molecule has 1 saturated heterocycles. The van der Waals surface area contributed by atoms with Gasteiger partial charge in [0, 0.05) is 25.3 Å². The minimum absolute atomic E-state index is 0.0752. The average molecular weight is 542 g/mol. The lowest BCUT2D eigenvalue weighted by atomic mass is 10.0. The van der Waals surface area contributed by atoms with E-state index in [4.69, 9.17) is 0 Å². The van der Waals surface area contributed by atoms with Crippen LogP contribution in [0.15, 0.2) is 54.6 Å². The number of carbonyl (C=O) groups excluding carboxylic acids is 4. The number of aliphatic carboxylic acids is 1. The van der Waals surface area contributed by atoms with Crippen molar-refractivity contribution in [1.29, 1.82) is 0 Å². The number of carboxylic acid groups (broad SMARTS) is 1. The van der Waals surface area contributed by atoms with Gasteiger partial charge in [0.15, 0.2) is 0 Å². The summed E-state index contributed by atoms with van der Waals surface area (Å²) >= 11 is 0. The number of nitrogens with one attached hydrogen (secondary N) is 2. The van der Waals surface area contributed by atoms with Gasteiger partial charge in [-0.3, -0.25) is 19.2 Å². The van der Waals surface area contributed by atoms with Crippen LogP contribution >= 0.6 is 0 Å². The summed E-state index contributed by atoms with van der Waals surface area (Å²) in [6.45, 7) is 6.35. The summed E-state index contributed by atoms with van der Waals surface area (Å²) in [7, 11) is -1.89. The molecule has 1 aliphatic rings. The fraction of sp³-hybridized carbons (Fsp3) is 0.370. The van der Waals surface area contributed by atoms with Gasteiger partial charge < -0.3 is 15.7 Å². The molecule has 2 unspecified atom stereocenters. The number of hydrogen-bond donors (Lipinski definition) is 3. The number of hydrogen-bond acceptors (Lipinski definition) is 6. The summed E-state index contributed by atoms with van der Waals surface area (Å²) in [6.07, 6.45) is 0.110. The van der Waals surface area contributed by atoms with Gasteiger partial charge in [0.05, 0.1) is 0 Å². The van der Waals surface area contributed by atoms with Crippen molar-refractivity contribution in [3.8, 4) is 0 Å². The topological polar surface area (TPSA) is 150 Å². The number of nitrogens with zero attached hydrogens (tertiary/aromatic N) is 1. The maximum Gasteiger partial charge on any atom is 0.326 e. The van der Waals surface area contributed by atoms with Crippen LogP contribution in [0.1, 0.15) is 49.6 Å². The summed E-state index contributed by atoms with van der Waals surface area (Å²) in [5, 5.41) is 13.7. The summed E-state index contributed by atoms with van der Waals surface area (Å²) in [5.41, 5.74) is 0.915. The SMILES string of the molecule is CC(=O)N[C@@H](Cc1ccccc1)C(=O)N[C@@H](Cc1ccc(C2C(=O)C(=O)N(C(C)(C)C)S2=O)cc1)C(=O)O. The Morgan fingerprint density at radius 2 is 1.47 bits per heavy atom. The van der Waals surface area contributed by atoms with Crippen molar-refractivity contribution in [3.63, 3.8) is 0 Å². The fourth-order valence-electron chi connectivity index (χ4n) is 4.17. The van der Waals surface area contributed by atoms with Gasteiger partial charge in [-0.25, -0.2) is 13.3 Å². The van der Waals surface area contributed by atoms with Crippen LogP contribution < -0.4 is 10.6 Å². The normalized spacial score (nSPS) is 19.1. The highest BCUT2D eigenvalue weighted by atomic mass is 32.2. The zero-order chi connectivity index (χ0) is 28.2. The minimum Gasteiger partial charge on any atom is -0.480 e. The van der Waals surface area contributed by atoms with Crippen LogP contribution in [0.3, 0.4) is 0 Å². The molecule has 1 aliphatic heterocycles. The van der Waals surface area contributed by atoms with Crippen molar-refractivity contribution in [2.75, 3.05) is 0 Å². The molecule has 3 N–H and O–H groups in total. The molecule has 1 heterocycles. The second-order valence-corrected chi connectivity index (χ2v) is 11.5. The Balaban J connectivity index is 1.73. The van der Waals surface area contributed by atoms with Gasteiger partial charge in [0.25, 0.3) is 0 Å². The first-order valence-corrected chi connectivity index (χ1v) is 13.2. The van der Waals surface area contributed by atoms with Gasteiger partial charge >= 0.3 is 11.9 Å². The third-order valence-corrected chi connectivity index (χ3v) is 7.90. The molecular formula is C27H31N3O7S. The zero-order valence-corrected chi connectivity index (χ0v) is 22.4. The third kappa shape index (κ3) is 6.71. The molecule has 3 amide bonds. The smallest absolute Gasteiger partial charge is 0.326 e. The Hall–Kier alpha value is -3.86. The van der Waals surface area contributed by atoms with Gasteiger partial charge in [-0.05, 0) is 37.5 Å². The van der Waals surface area contributed by atoms with Crippen molar-refractivity contribution >= 4 is 40.5 Å². The monoisotopic (exact) mass is 541 g/mol. The Kier molecular flexibility index (Phi) is 8.82. The van der Waals surface area contributed by atoms with E-state index in [1.54, 1.807) is 57.2 Å². The highest BCUT2D eigenvalue weighted by Gasteiger charge is 2.50. The predicted molar refractivity (Wildman–Crippen MR) is 140 cm³/mol. The summed E-state index contributed by atoms with van der Waals surface area (Å²) < 4.78 is 14.0. The fourth-order valence-corrected chi connectivity index (χ4v) is 5.85. The van der Waals surface area contributed by atoms with E-state index in [0.29, 0.717) is 11.1 Å². The number of carboxylic acids is 1. The molecule has 11 heteroatoms. The molecule has 0 spiro atoms. The maximum atomic E-state index is 13.0. The minimum atomic E-state index is -1.89. The second kappa shape index (κ2) is 11.7. The number of rotatable bonds is 9. The molecular weight excluding hydrogens is 510 g/mol. The van der Waals surface area contributed by atoms with Crippen LogP contribution in [0.4, 0.5) is 0 Å². The van der Waals surface area contributed by atoms with E-state index in [0.717, 1.165) is 9.87 Å². The summed E-state index contributed by atoms with van der Waals surface area (Å²) in [6, 6.07) is 13.0. The molecule has 10 nitrogen and oxygen atoms in total. The van der Waals surface area contributed by atoms with Crippen LogP contribution in [-0.4, -0.2) is 60.7 Å². The maximum absolute atomic E-state index is 13.0. The molecule has 4 atom stereocenters. The number of Topliss-reactive ketones (excluding diaryl/α,β-unsaturated/α-hetero) is 1. The Bertz CT molecular complexity index is 1260. The number of carbonyl (C=O) groups is 5. The van der Waals surface area contributed by atoms with Crippen molar-refractivity contribution in [1.82, 2.24) is 14.9 Å². The van der Waals surface area contributed by atoms with E-state index in [1.807, 2.05) is 6.07 Å². The number of ketones is 1. The van der Waals surface area contributed by atoms with Crippen molar-refractivity contribution < 1.29 is 33.3 Å². The Morgan fingerprint density at radius 3 is 1.97 bits per heavy atom. The lowest BCUT2D eigenvalue weighted by Crippen LogP contribution is -2.52. The average Bonchev–Trinajstić information content (AvgIpc) is 3.06. The third-order valence-electron chi connectivity index (χ3n) is 5.94. The lowest BCUT2D eigenvalue weighted by molar-refractivity contribution is -0.142. The number of amides is 3. The lowest BCUT2D eigenvalue weighted by Gasteiger charge is -2.29. The summed E-state index contributed by atoms with van der Waals surface area (Å²) in [5.74, 6) is -3.89. The van der Waals surface area contributed by atoms with Crippen LogP contribution in [0.25, 0.3) is 0 Å². The first-order valence-electron chi connectivity index (χ1n) is 12.0. The second-order valence-electron chi connectivity index (χ2n) is 10.1. The van der Waals surface area contributed by atoms with Crippen molar-refractivity contribution in [2.24, 2.45) is 0 Å². The molecule has 0 aromatic heterocycles. The number of benzene rings is 2. The van der Waals surface area contributed by atoms with Gasteiger partial charge in [0.1, 0.15) is 28.3 Å². The first-order chi connectivity index (χ1) is 17.8. The van der Waals surface area contributed by atoms with E-state index in [1.165, 1.54) is 19.1 Å². The molecule has 0 bridgehead atoms. The predicted octanol–water partition coefficient (Wildman–Crippen LogP) is 1.46. The molecule has 0 radical (unpaired) electrons. The molecule has 202 valence electrons. The van der Waals surface area contributed by atoms with Crippen molar-refractivity contribution in [3.05, 3.63) is 71.3 Å². The summed E-state index contributed by atoms with van der Waals surface area (Å²) in [4.78, 5) is 61.5. The van der Waals surface area contributed by atoms with E-state index < -0.39 is 63.3 Å². The van der Waals surface area contributed by atoms with Crippen LogP contribution in [0, 0.1) is 0 Å². The molecule has 38 heavy (non-hydrogen) atoms. The molecule has 1 fully saturated rings. The van der Waals surface area contributed by atoms with E-state index in [9.17, 15) is 33.3 Å². The van der Waals surface area contributed by atoms with E-state index in [2.05, 4.69) is 10.6 Å². The quantitative estimate of drug-likeness (QED) is 0.407. The Morgan fingerprint density at radius 1 is 0.921 bits per heavy atom. The molecule has 0 saturated carbocycles. The van der Waals surface area contributed by atoms with Crippen molar-refractivity contribution in [2.45, 2.75) is 63.4 Å². The van der Waals surface area contributed by atoms with Crippen LogP contribution in [0.2, 0.25) is 0 Å². The highest BCUT2D eigenvalue weighted by molar-refractivity contribution is 7.85. The van der Waals surface area contributed by atoms with Gasteiger partial charge in [-0.2, -0.15) is 0 Å². The molecule has 2 aromatic rings. The van der Waals surface area contributed by atoms with Crippen LogP contribution in [-0.2, 0) is 47.8 Å². The Labute approximate surface area is 223 Å². The molecule has 0 aliphatic carbocycles. The van der Waals surface area contributed by atoms with Gasteiger partial charge in [-0.15, -0.1) is 0 Å². The van der Waals surface area contributed by atoms with E-state index >= 15 is 0 Å². The molecule has 2 aromatic carbocycles. The van der Waals surface area contributed by atoms with Gasteiger partial charge in [-0.1, -0.05) is 54.6 Å². The highest BCUT2D eigenvalue weighted by Crippen LogP contribution is 2.35. The van der Waals surface area contributed by atoms with E-state index in [-0.39, 0.29) is 12.8 Å². The first kappa shape index (κ1) is 28.7. The standard InChI is InChI=1S/C27H31N3O7S/c1-16(31)28-20(14-17-8-6-5-7-9-17)24(33)29-21(26(35)36)15-18-10-12-19(13-11-18)23-22(32)25(34)30(38(23)37)27(2,3)4/h5-13,20-21,23H,14-15H2,1-4H3,(H,28,31)(H,29,33)(H,35,36)/t20-,21-,23?,38?/m0/s1. The van der Waals surface area contributed by atoms with Crippen LogP contribution in [0.5, 0.6) is 0 Å². The largest absolute Gasteiger partial charge is 0.480 e. The molecule has 3 rings (SSSR count). The zero-order valence-electron chi connectivity index (χ0n) is 21.6. The van der Waals surface area contributed by atoms with Gasteiger partial charge in [0.2, 0.25) is 17.6 Å².